The molecule has 1 heterocycles. The number of furan rings is 1. The Bertz CT molecular complexity index is 1000. The molecule has 3 rings (SSSR count). The zero-order valence-corrected chi connectivity index (χ0v) is 15.5. The maximum Gasteiger partial charge on any atom is 0.337 e. The number of anilines is 1. The number of benzene rings is 2. The molecule has 144 valence electrons. The largest absolute Gasteiger partial charge is 0.486 e. The van der Waals surface area contributed by atoms with Gasteiger partial charge in [-0.3, -0.25) is 4.79 Å². The molecule has 2 aromatic carbocycles. The van der Waals surface area contributed by atoms with Crippen molar-refractivity contribution in [3.63, 3.8) is 0 Å². The first-order valence-corrected chi connectivity index (χ1v) is 8.50. The quantitative estimate of drug-likeness (QED) is 0.604. The number of esters is 1. The minimum absolute atomic E-state index is 0.0391. The fourth-order valence-electron chi connectivity index (χ4n) is 2.31. The van der Waals surface area contributed by atoms with Gasteiger partial charge in [0.2, 0.25) is 0 Å². The van der Waals surface area contributed by atoms with Gasteiger partial charge in [-0.05, 0) is 54.6 Å². The molecule has 0 bridgehead atoms. The highest BCUT2D eigenvalue weighted by molar-refractivity contribution is 6.34. The Kier molecular flexibility index (Phi) is 5.96. The monoisotopic (exact) mass is 403 g/mol. The number of halogens is 2. The van der Waals surface area contributed by atoms with Gasteiger partial charge in [-0.15, -0.1) is 0 Å². The first kappa shape index (κ1) is 19.4. The van der Waals surface area contributed by atoms with Crippen molar-refractivity contribution in [2.24, 2.45) is 0 Å². The average Bonchev–Trinajstić information content (AvgIpc) is 3.18. The third-order valence-corrected chi connectivity index (χ3v) is 4.05. The SMILES string of the molecule is COC(=O)c1ccc(Cl)c(NC(=O)c2ccc(COc3ccc(F)cc3)o2)c1. The van der Waals surface area contributed by atoms with E-state index < -0.39 is 11.9 Å². The van der Waals surface area contributed by atoms with Crippen LogP contribution in [0.4, 0.5) is 10.1 Å². The van der Waals surface area contributed by atoms with E-state index in [1.54, 1.807) is 6.07 Å². The van der Waals surface area contributed by atoms with Crippen molar-refractivity contribution in [3.8, 4) is 5.75 Å². The molecule has 0 aliphatic heterocycles. The van der Waals surface area contributed by atoms with Gasteiger partial charge in [0.1, 0.15) is 23.9 Å². The van der Waals surface area contributed by atoms with Gasteiger partial charge in [0.15, 0.2) is 5.76 Å². The summed E-state index contributed by atoms with van der Waals surface area (Å²) in [5, 5.41) is 2.84. The summed E-state index contributed by atoms with van der Waals surface area (Å²) in [6.45, 7) is 0.0670. The van der Waals surface area contributed by atoms with E-state index in [0.29, 0.717) is 11.5 Å². The lowest BCUT2D eigenvalue weighted by atomic mass is 10.2. The topological polar surface area (TPSA) is 77.8 Å². The van der Waals surface area contributed by atoms with E-state index in [0.717, 1.165) is 0 Å². The van der Waals surface area contributed by atoms with Crippen LogP contribution in [-0.2, 0) is 11.3 Å². The van der Waals surface area contributed by atoms with Crippen molar-refractivity contribution in [2.75, 3.05) is 12.4 Å². The Balaban J connectivity index is 1.65. The molecule has 28 heavy (non-hydrogen) atoms. The summed E-state index contributed by atoms with van der Waals surface area (Å²) in [5.41, 5.74) is 0.491. The fourth-order valence-corrected chi connectivity index (χ4v) is 2.48. The van der Waals surface area contributed by atoms with Gasteiger partial charge in [0, 0.05) is 0 Å². The van der Waals surface area contributed by atoms with Crippen LogP contribution in [0.15, 0.2) is 59.0 Å². The second-order valence-corrected chi connectivity index (χ2v) is 6.06. The van der Waals surface area contributed by atoms with Gasteiger partial charge in [-0.2, -0.15) is 0 Å². The van der Waals surface area contributed by atoms with Crippen LogP contribution in [0.25, 0.3) is 0 Å². The van der Waals surface area contributed by atoms with Crippen LogP contribution < -0.4 is 10.1 Å². The molecule has 0 saturated heterocycles. The lowest BCUT2D eigenvalue weighted by Crippen LogP contribution is -2.12. The van der Waals surface area contributed by atoms with Crippen LogP contribution >= 0.6 is 11.6 Å². The molecule has 1 amide bonds. The van der Waals surface area contributed by atoms with Gasteiger partial charge >= 0.3 is 5.97 Å². The number of methoxy groups -OCH3 is 1. The normalized spacial score (nSPS) is 10.4. The number of hydrogen-bond acceptors (Lipinski definition) is 5. The lowest BCUT2D eigenvalue weighted by Gasteiger charge is -2.08. The maximum atomic E-state index is 12.9. The molecule has 0 spiro atoms. The summed E-state index contributed by atoms with van der Waals surface area (Å²) in [4.78, 5) is 24.0. The van der Waals surface area contributed by atoms with E-state index in [2.05, 4.69) is 10.1 Å². The zero-order chi connectivity index (χ0) is 20.1. The summed E-state index contributed by atoms with van der Waals surface area (Å²) in [6.07, 6.45) is 0. The van der Waals surface area contributed by atoms with Crippen LogP contribution in [0.5, 0.6) is 5.75 Å². The number of amides is 1. The van der Waals surface area contributed by atoms with Crippen LogP contribution in [-0.4, -0.2) is 19.0 Å². The molecule has 0 unspecified atom stereocenters. The average molecular weight is 404 g/mol. The molecule has 0 fully saturated rings. The Morgan fingerprint density at radius 3 is 2.57 bits per heavy atom. The number of ether oxygens (including phenoxy) is 2. The third kappa shape index (κ3) is 4.69. The smallest absolute Gasteiger partial charge is 0.337 e. The molecule has 1 N–H and O–H groups in total. The summed E-state index contributed by atoms with van der Waals surface area (Å²) in [7, 11) is 1.26. The van der Waals surface area contributed by atoms with E-state index in [9.17, 15) is 14.0 Å². The Morgan fingerprint density at radius 2 is 1.86 bits per heavy atom. The van der Waals surface area contributed by atoms with Crippen LogP contribution in [0.3, 0.4) is 0 Å². The molecule has 0 aliphatic rings. The molecular formula is C20H15ClFNO5. The second kappa shape index (κ2) is 8.58. The molecule has 0 aliphatic carbocycles. The Morgan fingerprint density at radius 1 is 1.11 bits per heavy atom. The highest BCUT2D eigenvalue weighted by atomic mass is 35.5. The van der Waals surface area contributed by atoms with Crippen molar-refractivity contribution >= 4 is 29.2 Å². The number of nitrogens with one attached hydrogen (secondary N) is 1. The minimum Gasteiger partial charge on any atom is -0.486 e. The molecule has 1 aromatic heterocycles. The molecule has 0 saturated carbocycles. The van der Waals surface area contributed by atoms with E-state index >= 15 is 0 Å². The first-order valence-electron chi connectivity index (χ1n) is 8.12. The van der Waals surface area contributed by atoms with E-state index in [4.69, 9.17) is 20.8 Å². The Labute approximate surface area is 164 Å². The first-order chi connectivity index (χ1) is 13.5. The molecule has 0 atom stereocenters. The van der Waals surface area contributed by atoms with Crippen molar-refractivity contribution in [2.45, 2.75) is 6.61 Å². The minimum atomic E-state index is -0.551. The van der Waals surface area contributed by atoms with Crippen LogP contribution in [0.1, 0.15) is 26.7 Å². The second-order valence-electron chi connectivity index (χ2n) is 5.65. The van der Waals surface area contributed by atoms with Crippen LogP contribution in [0.2, 0.25) is 5.02 Å². The number of rotatable bonds is 6. The van der Waals surface area contributed by atoms with E-state index in [1.807, 2.05) is 0 Å². The molecule has 0 radical (unpaired) electrons. The summed E-state index contributed by atoms with van der Waals surface area (Å²) >= 11 is 6.07. The number of carbonyl (C=O) groups excluding carboxylic acids is 2. The molecule has 6 nitrogen and oxygen atoms in total. The van der Waals surface area contributed by atoms with Gasteiger partial charge < -0.3 is 19.2 Å². The molecule has 8 heteroatoms. The van der Waals surface area contributed by atoms with Gasteiger partial charge in [0.25, 0.3) is 5.91 Å². The van der Waals surface area contributed by atoms with E-state index in [1.165, 1.54) is 55.6 Å². The van der Waals surface area contributed by atoms with Crippen molar-refractivity contribution in [1.82, 2.24) is 0 Å². The Hall–Kier alpha value is -3.32. The maximum absolute atomic E-state index is 12.9. The van der Waals surface area contributed by atoms with Gasteiger partial charge in [0.05, 0.1) is 23.4 Å². The summed E-state index contributed by atoms with van der Waals surface area (Å²) < 4.78 is 28.5. The van der Waals surface area contributed by atoms with Gasteiger partial charge in [-0.1, -0.05) is 11.6 Å². The van der Waals surface area contributed by atoms with Crippen molar-refractivity contribution < 1.29 is 27.9 Å². The van der Waals surface area contributed by atoms with Crippen molar-refractivity contribution in [1.29, 1.82) is 0 Å². The zero-order valence-electron chi connectivity index (χ0n) is 14.7. The predicted molar refractivity (Wildman–Crippen MR) is 100 cm³/mol. The standard InChI is InChI=1S/C20H15ClFNO5/c1-26-20(25)12-2-8-16(21)17(10-12)23-19(24)18-9-7-15(28-18)11-27-14-5-3-13(22)4-6-14/h2-10H,11H2,1H3,(H,23,24). The van der Waals surface area contributed by atoms with E-state index in [-0.39, 0.29) is 34.5 Å². The lowest BCUT2D eigenvalue weighted by molar-refractivity contribution is 0.0600. The summed E-state index contributed by atoms with van der Waals surface area (Å²) in [5.74, 6) is -0.544. The predicted octanol–water partition coefficient (Wildman–Crippen LogP) is 4.69. The number of carbonyl (C=O) groups is 2. The number of hydrogen-bond donors (Lipinski definition) is 1. The molecular weight excluding hydrogens is 389 g/mol. The highest BCUT2D eigenvalue weighted by Gasteiger charge is 2.15. The highest BCUT2D eigenvalue weighted by Crippen LogP contribution is 2.24. The summed E-state index contributed by atoms with van der Waals surface area (Å²) in [6, 6.07) is 13.0. The van der Waals surface area contributed by atoms with Crippen molar-refractivity contribution in [3.05, 3.63) is 82.5 Å². The van der Waals surface area contributed by atoms with Crippen LogP contribution in [0, 0.1) is 5.82 Å². The van der Waals surface area contributed by atoms with Gasteiger partial charge in [-0.25, -0.2) is 9.18 Å². The third-order valence-electron chi connectivity index (χ3n) is 3.72. The fraction of sp³-hybridized carbons (Fsp3) is 0.100. The molecule has 3 aromatic rings.